The summed E-state index contributed by atoms with van der Waals surface area (Å²) in [5.41, 5.74) is -0.374. The van der Waals surface area contributed by atoms with Crippen molar-refractivity contribution in [1.82, 2.24) is 9.29 Å². The minimum absolute atomic E-state index is 0.0570. The summed E-state index contributed by atoms with van der Waals surface area (Å²) in [5.74, 6) is 0.591. The van der Waals surface area contributed by atoms with Crippen molar-refractivity contribution in [2.24, 2.45) is 0 Å². The SMILES string of the molecule is O=S(=O)(C1CC1)N1CC[C@]2(C[C@@H](Oc3ccccn3)CO2)C1. The van der Waals surface area contributed by atoms with Crippen molar-refractivity contribution in [2.45, 2.75) is 42.6 Å². The first-order valence-corrected chi connectivity index (χ1v) is 9.28. The van der Waals surface area contributed by atoms with E-state index in [0.717, 1.165) is 25.7 Å². The Hall–Kier alpha value is -1.18. The smallest absolute Gasteiger partial charge is 0.217 e. The highest BCUT2D eigenvalue weighted by molar-refractivity contribution is 7.90. The molecule has 1 spiro atoms. The number of aromatic nitrogens is 1. The van der Waals surface area contributed by atoms with Gasteiger partial charge >= 0.3 is 0 Å². The maximum absolute atomic E-state index is 12.3. The van der Waals surface area contributed by atoms with Crippen LogP contribution in [0.5, 0.6) is 5.88 Å². The Bertz CT molecular complexity index is 647. The predicted molar refractivity (Wildman–Crippen MR) is 80.1 cm³/mol. The first-order chi connectivity index (χ1) is 10.6. The second-order valence-corrected chi connectivity index (χ2v) is 8.65. The van der Waals surface area contributed by atoms with Gasteiger partial charge in [-0.05, 0) is 25.3 Å². The molecule has 2 atom stereocenters. The lowest BCUT2D eigenvalue weighted by Crippen LogP contribution is -2.37. The zero-order chi connectivity index (χ0) is 15.2. The van der Waals surface area contributed by atoms with E-state index in [9.17, 15) is 8.42 Å². The predicted octanol–water partition coefficient (Wildman–Crippen LogP) is 1.19. The van der Waals surface area contributed by atoms with Gasteiger partial charge in [-0.25, -0.2) is 13.4 Å². The second kappa shape index (κ2) is 5.18. The fourth-order valence-electron chi connectivity index (χ4n) is 3.35. The second-order valence-electron chi connectivity index (χ2n) is 6.43. The van der Waals surface area contributed by atoms with Crippen molar-refractivity contribution in [3.05, 3.63) is 24.4 Å². The molecule has 1 aromatic rings. The fraction of sp³-hybridized carbons (Fsp3) is 0.667. The zero-order valence-electron chi connectivity index (χ0n) is 12.3. The third kappa shape index (κ3) is 2.61. The van der Waals surface area contributed by atoms with E-state index < -0.39 is 10.0 Å². The van der Waals surface area contributed by atoms with Crippen LogP contribution in [0.25, 0.3) is 0 Å². The van der Waals surface area contributed by atoms with Crippen molar-refractivity contribution in [3.8, 4) is 5.88 Å². The van der Waals surface area contributed by atoms with Gasteiger partial charge in [0.1, 0.15) is 6.10 Å². The Labute approximate surface area is 130 Å². The summed E-state index contributed by atoms with van der Waals surface area (Å²) >= 11 is 0. The monoisotopic (exact) mass is 324 g/mol. The highest BCUT2D eigenvalue weighted by atomic mass is 32.2. The average molecular weight is 324 g/mol. The molecular formula is C15H20N2O4S. The van der Waals surface area contributed by atoms with Crippen molar-refractivity contribution >= 4 is 10.0 Å². The van der Waals surface area contributed by atoms with Gasteiger partial charge in [-0.3, -0.25) is 0 Å². The maximum atomic E-state index is 12.3. The molecule has 22 heavy (non-hydrogen) atoms. The minimum atomic E-state index is -3.11. The molecule has 6 nitrogen and oxygen atoms in total. The van der Waals surface area contributed by atoms with E-state index >= 15 is 0 Å². The summed E-state index contributed by atoms with van der Waals surface area (Å²) in [7, 11) is -3.11. The molecule has 4 rings (SSSR count). The van der Waals surface area contributed by atoms with Crippen molar-refractivity contribution < 1.29 is 17.9 Å². The Morgan fingerprint density at radius 3 is 2.95 bits per heavy atom. The van der Waals surface area contributed by atoms with Crippen LogP contribution in [-0.2, 0) is 14.8 Å². The van der Waals surface area contributed by atoms with E-state index in [1.54, 1.807) is 10.5 Å². The summed E-state index contributed by atoms with van der Waals surface area (Å²) in [6, 6.07) is 5.55. The molecule has 0 bridgehead atoms. The third-order valence-corrected chi connectivity index (χ3v) is 7.03. The van der Waals surface area contributed by atoms with E-state index in [0.29, 0.717) is 25.6 Å². The average Bonchev–Trinajstić information content (AvgIpc) is 3.20. The highest BCUT2D eigenvalue weighted by Crippen LogP contribution is 2.40. The summed E-state index contributed by atoms with van der Waals surface area (Å²) in [4.78, 5) is 4.16. The fourth-order valence-corrected chi connectivity index (χ4v) is 5.27. The van der Waals surface area contributed by atoms with Crippen LogP contribution in [0.4, 0.5) is 0 Å². The molecule has 7 heteroatoms. The Balaban J connectivity index is 1.40. The highest BCUT2D eigenvalue weighted by Gasteiger charge is 2.51. The minimum Gasteiger partial charge on any atom is -0.472 e. The molecule has 1 saturated carbocycles. The molecule has 0 N–H and O–H groups in total. The molecular weight excluding hydrogens is 304 g/mol. The maximum Gasteiger partial charge on any atom is 0.217 e. The van der Waals surface area contributed by atoms with Gasteiger partial charge in [-0.2, -0.15) is 4.31 Å². The summed E-state index contributed by atoms with van der Waals surface area (Å²) in [6.45, 7) is 1.52. The Morgan fingerprint density at radius 1 is 1.36 bits per heavy atom. The van der Waals surface area contributed by atoms with Crippen LogP contribution >= 0.6 is 0 Å². The zero-order valence-corrected chi connectivity index (χ0v) is 13.2. The van der Waals surface area contributed by atoms with Crippen molar-refractivity contribution in [3.63, 3.8) is 0 Å². The van der Waals surface area contributed by atoms with Gasteiger partial charge in [0.2, 0.25) is 15.9 Å². The van der Waals surface area contributed by atoms with E-state index in [-0.39, 0.29) is 17.0 Å². The lowest BCUT2D eigenvalue weighted by Gasteiger charge is -2.23. The van der Waals surface area contributed by atoms with Gasteiger partial charge in [0.05, 0.1) is 17.5 Å². The first kappa shape index (κ1) is 14.4. The number of ether oxygens (including phenoxy) is 2. The molecule has 1 aliphatic carbocycles. The van der Waals surface area contributed by atoms with Crippen LogP contribution in [0, 0.1) is 0 Å². The van der Waals surface area contributed by atoms with Crippen LogP contribution in [0.3, 0.4) is 0 Å². The number of hydrogen-bond acceptors (Lipinski definition) is 5. The number of sulfonamides is 1. The normalized spacial score (nSPS) is 32.6. The quantitative estimate of drug-likeness (QED) is 0.832. The van der Waals surface area contributed by atoms with E-state index in [2.05, 4.69) is 4.98 Å². The summed E-state index contributed by atoms with van der Waals surface area (Å²) in [6.07, 6.45) is 4.72. The molecule has 3 fully saturated rings. The first-order valence-electron chi connectivity index (χ1n) is 7.78. The van der Waals surface area contributed by atoms with Gasteiger partial charge in [0.25, 0.3) is 0 Å². The van der Waals surface area contributed by atoms with E-state index in [4.69, 9.17) is 9.47 Å². The van der Waals surface area contributed by atoms with Gasteiger partial charge in [-0.1, -0.05) is 6.07 Å². The van der Waals surface area contributed by atoms with Crippen molar-refractivity contribution in [1.29, 1.82) is 0 Å². The largest absolute Gasteiger partial charge is 0.472 e. The molecule has 0 unspecified atom stereocenters. The number of nitrogens with zero attached hydrogens (tertiary/aromatic N) is 2. The number of pyridine rings is 1. The van der Waals surface area contributed by atoms with Gasteiger partial charge < -0.3 is 9.47 Å². The Morgan fingerprint density at radius 2 is 2.23 bits per heavy atom. The standard InChI is InChI=1S/C15H20N2O4S/c18-22(19,13-4-5-13)17-8-6-15(11-17)9-12(10-20-15)21-14-3-1-2-7-16-14/h1-3,7,12-13H,4-6,8-11H2/t12-,15+/m1/s1. The van der Waals surface area contributed by atoms with Crippen molar-refractivity contribution in [2.75, 3.05) is 19.7 Å². The lowest BCUT2D eigenvalue weighted by atomic mass is 9.98. The third-order valence-electron chi connectivity index (χ3n) is 4.69. The topological polar surface area (TPSA) is 68.7 Å². The summed E-state index contributed by atoms with van der Waals surface area (Å²) < 4.78 is 38.1. The van der Waals surface area contributed by atoms with E-state index in [1.165, 1.54) is 0 Å². The summed E-state index contributed by atoms with van der Waals surface area (Å²) in [5, 5.41) is -0.149. The van der Waals surface area contributed by atoms with E-state index in [1.807, 2.05) is 18.2 Å². The molecule has 0 amide bonds. The van der Waals surface area contributed by atoms with Crippen LogP contribution in [0.1, 0.15) is 25.7 Å². The van der Waals surface area contributed by atoms with Crippen LogP contribution in [0.15, 0.2) is 24.4 Å². The molecule has 0 radical (unpaired) electrons. The Kier molecular flexibility index (Phi) is 3.39. The van der Waals surface area contributed by atoms with Crippen LogP contribution in [-0.4, -0.2) is 54.4 Å². The van der Waals surface area contributed by atoms with Crippen LogP contribution < -0.4 is 4.74 Å². The number of rotatable bonds is 4. The molecule has 1 aromatic heterocycles. The van der Waals surface area contributed by atoms with Gasteiger partial charge in [-0.15, -0.1) is 0 Å². The lowest BCUT2D eigenvalue weighted by molar-refractivity contribution is 0.0142. The molecule has 2 aliphatic heterocycles. The molecule has 3 aliphatic rings. The van der Waals surface area contributed by atoms with Gasteiger partial charge in [0.15, 0.2) is 0 Å². The van der Waals surface area contributed by atoms with Crippen LogP contribution in [0.2, 0.25) is 0 Å². The molecule has 2 saturated heterocycles. The van der Waals surface area contributed by atoms with Gasteiger partial charge in [0, 0.05) is 31.8 Å². The molecule has 3 heterocycles. The number of hydrogen-bond donors (Lipinski definition) is 0. The molecule has 0 aromatic carbocycles. The molecule has 120 valence electrons.